The van der Waals surface area contributed by atoms with Crippen molar-refractivity contribution in [3.8, 4) is 0 Å². The molecule has 2 aliphatic heterocycles. The first kappa shape index (κ1) is 14.5. The minimum absolute atomic E-state index is 0.409. The summed E-state index contributed by atoms with van der Waals surface area (Å²) in [6, 6.07) is 0. The Morgan fingerprint density at radius 3 is 2.62 bits per heavy atom. The fourth-order valence-corrected chi connectivity index (χ4v) is 5.08. The summed E-state index contributed by atoms with van der Waals surface area (Å²) < 4.78 is 5.86. The second kappa shape index (κ2) is 5.50. The van der Waals surface area contributed by atoms with E-state index in [9.17, 15) is 0 Å². The minimum Gasteiger partial charge on any atom is -0.378 e. The van der Waals surface area contributed by atoms with Gasteiger partial charge in [-0.2, -0.15) is 0 Å². The normalized spacial score (nSPS) is 40.1. The first-order valence-electron chi connectivity index (χ1n) is 9.32. The summed E-state index contributed by atoms with van der Waals surface area (Å²) in [6.45, 7) is 7.27. The summed E-state index contributed by atoms with van der Waals surface area (Å²) in [5.41, 5.74) is 0.859. The van der Waals surface area contributed by atoms with Gasteiger partial charge in [-0.1, -0.05) is 12.8 Å². The maximum Gasteiger partial charge on any atom is 0.0588 e. The molecule has 4 fully saturated rings. The first-order chi connectivity index (χ1) is 10.2. The predicted octanol–water partition coefficient (Wildman–Crippen LogP) is 2.94. The lowest BCUT2D eigenvalue weighted by molar-refractivity contribution is -0.00920. The Labute approximate surface area is 129 Å². The largest absolute Gasteiger partial charge is 0.378 e. The number of nitrogens with zero attached hydrogens (tertiary/aromatic N) is 1. The van der Waals surface area contributed by atoms with Gasteiger partial charge in [0.15, 0.2) is 0 Å². The Kier molecular flexibility index (Phi) is 3.79. The zero-order chi connectivity index (χ0) is 14.3. The lowest BCUT2D eigenvalue weighted by atomic mass is 9.83. The van der Waals surface area contributed by atoms with Crippen molar-refractivity contribution in [1.82, 2.24) is 10.2 Å². The summed E-state index contributed by atoms with van der Waals surface area (Å²) in [5, 5.41) is 3.99. The average molecular weight is 292 g/mol. The van der Waals surface area contributed by atoms with Gasteiger partial charge in [0.25, 0.3) is 0 Å². The summed E-state index contributed by atoms with van der Waals surface area (Å²) in [4.78, 5) is 2.87. The third kappa shape index (κ3) is 2.77. The molecule has 2 unspecified atom stereocenters. The molecule has 2 atom stereocenters. The number of hydrogen-bond donors (Lipinski definition) is 1. The van der Waals surface area contributed by atoms with Gasteiger partial charge in [0.05, 0.1) is 6.10 Å². The van der Waals surface area contributed by atoms with Crippen molar-refractivity contribution < 1.29 is 4.74 Å². The SMILES string of the molecule is CC1(C2CC2)CNC2(CCCC2)CN1CCC1CCCO1. The molecule has 1 spiro atoms. The molecule has 0 radical (unpaired) electrons. The zero-order valence-corrected chi connectivity index (χ0v) is 13.7. The molecule has 3 nitrogen and oxygen atoms in total. The van der Waals surface area contributed by atoms with Crippen LogP contribution < -0.4 is 5.32 Å². The molecule has 4 rings (SSSR count). The van der Waals surface area contributed by atoms with Gasteiger partial charge in [0, 0.05) is 37.3 Å². The van der Waals surface area contributed by atoms with E-state index in [1.165, 1.54) is 77.4 Å². The molecule has 2 saturated heterocycles. The highest BCUT2D eigenvalue weighted by atomic mass is 16.5. The van der Waals surface area contributed by atoms with E-state index >= 15 is 0 Å². The Hall–Kier alpha value is -0.120. The summed E-state index contributed by atoms with van der Waals surface area (Å²) in [7, 11) is 0. The molecular formula is C18H32N2O. The van der Waals surface area contributed by atoms with Crippen LogP contribution in [0.15, 0.2) is 0 Å². The van der Waals surface area contributed by atoms with Crippen LogP contribution in [0.2, 0.25) is 0 Å². The lowest BCUT2D eigenvalue weighted by Crippen LogP contribution is -2.69. The van der Waals surface area contributed by atoms with Gasteiger partial charge >= 0.3 is 0 Å². The highest BCUT2D eigenvalue weighted by molar-refractivity contribution is 5.10. The van der Waals surface area contributed by atoms with Crippen molar-refractivity contribution in [1.29, 1.82) is 0 Å². The average Bonchev–Trinajstić information content (AvgIpc) is 3.05. The van der Waals surface area contributed by atoms with Gasteiger partial charge < -0.3 is 10.1 Å². The summed E-state index contributed by atoms with van der Waals surface area (Å²) in [5.74, 6) is 0.938. The number of rotatable bonds is 4. The smallest absolute Gasteiger partial charge is 0.0588 e. The van der Waals surface area contributed by atoms with E-state index in [1.807, 2.05) is 0 Å². The number of ether oxygens (including phenoxy) is 1. The fraction of sp³-hybridized carbons (Fsp3) is 1.00. The number of hydrogen-bond acceptors (Lipinski definition) is 3. The molecule has 0 aromatic carbocycles. The number of nitrogens with one attached hydrogen (secondary N) is 1. The van der Waals surface area contributed by atoms with Crippen LogP contribution in [-0.4, -0.2) is 48.3 Å². The molecule has 2 aliphatic carbocycles. The quantitative estimate of drug-likeness (QED) is 0.862. The van der Waals surface area contributed by atoms with E-state index in [0.717, 1.165) is 12.5 Å². The van der Waals surface area contributed by atoms with Crippen molar-refractivity contribution in [3.63, 3.8) is 0 Å². The maximum absolute atomic E-state index is 5.86. The second-order valence-corrected chi connectivity index (χ2v) is 8.32. The Bertz CT molecular complexity index is 369. The van der Waals surface area contributed by atoms with Crippen molar-refractivity contribution in [2.24, 2.45) is 5.92 Å². The predicted molar refractivity (Wildman–Crippen MR) is 85.5 cm³/mol. The topological polar surface area (TPSA) is 24.5 Å². The van der Waals surface area contributed by atoms with E-state index in [-0.39, 0.29) is 0 Å². The monoisotopic (exact) mass is 292 g/mol. The van der Waals surface area contributed by atoms with E-state index in [4.69, 9.17) is 4.74 Å². The molecule has 2 heterocycles. The highest BCUT2D eigenvalue weighted by Gasteiger charge is 2.52. The zero-order valence-electron chi connectivity index (χ0n) is 13.7. The Balaban J connectivity index is 1.44. The standard InChI is InChI=1S/C18H32N2O/c1-17(15-6-7-15)13-19-18(9-2-3-10-18)14-20(17)11-8-16-5-4-12-21-16/h15-16,19H,2-14H2,1H3. The third-order valence-electron chi connectivity index (χ3n) is 6.80. The van der Waals surface area contributed by atoms with Gasteiger partial charge in [-0.05, 0) is 57.8 Å². The van der Waals surface area contributed by atoms with Crippen LogP contribution >= 0.6 is 0 Å². The Morgan fingerprint density at radius 2 is 1.95 bits per heavy atom. The molecule has 0 amide bonds. The number of piperazine rings is 1. The molecule has 0 bridgehead atoms. The van der Waals surface area contributed by atoms with Crippen molar-refractivity contribution >= 4 is 0 Å². The van der Waals surface area contributed by atoms with Gasteiger partial charge in [-0.15, -0.1) is 0 Å². The molecule has 3 heteroatoms. The van der Waals surface area contributed by atoms with E-state index in [1.54, 1.807) is 0 Å². The van der Waals surface area contributed by atoms with E-state index in [0.29, 0.717) is 17.2 Å². The highest BCUT2D eigenvalue weighted by Crippen LogP contribution is 2.47. The van der Waals surface area contributed by atoms with Crippen LogP contribution in [-0.2, 0) is 4.74 Å². The van der Waals surface area contributed by atoms with E-state index < -0.39 is 0 Å². The van der Waals surface area contributed by atoms with Crippen LogP contribution in [0.5, 0.6) is 0 Å². The lowest BCUT2D eigenvalue weighted by Gasteiger charge is -2.53. The molecule has 1 N–H and O–H groups in total. The first-order valence-corrected chi connectivity index (χ1v) is 9.32. The molecule has 4 aliphatic rings. The van der Waals surface area contributed by atoms with Crippen molar-refractivity contribution in [3.05, 3.63) is 0 Å². The van der Waals surface area contributed by atoms with Crippen LogP contribution in [0, 0.1) is 5.92 Å². The van der Waals surface area contributed by atoms with Gasteiger partial charge in [0.1, 0.15) is 0 Å². The summed E-state index contributed by atoms with van der Waals surface area (Å²) in [6.07, 6.45) is 12.9. The van der Waals surface area contributed by atoms with Crippen LogP contribution in [0.4, 0.5) is 0 Å². The Morgan fingerprint density at radius 1 is 1.14 bits per heavy atom. The molecule has 120 valence electrons. The van der Waals surface area contributed by atoms with Crippen molar-refractivity contribution in [2.75, 3.05) is 26.2 Å². The van der Waals surface area contributed by atoms with Crippen molar-refractivity contribution in [2.45, 2.75) is 81.9 Å². The molecule has 0 aromatic rings. The van der Waals surface area contributed by atoms with Gasteiger partial charge in [-0.3, -0.25) is 4.90 Å². The molecular weight excluding hydrogens is 260 g/mol. The van der Waals surface area contributed by atoms with Crippen LogP contribution in [0.3, 0.4) is 0 Å². The summed E-state index contributed by atoms with van der Waals surface area (Å²) >= 11 is 0. The molecule has 2 saturated carbocycles. The van der Waals surface area contributed by atoms with E-state index in [2.05, 4.69) is 17.1 Å². The van der Waals surface area contributed by atoms with Gasteiger partial charge in [-0.25, -0.2) is 0 Å². The third-order valence-corrected chi connectivity index (χ3v) is 6.80. The maximum atomic E-state index is 5.86. The fourth-order valence-electron chi connectivity index (χ4n) is 5.08. The minimum atomic E-state index is 0.409. The molecule has 0 aromatic heterocycles. The van der Waals surface area contributed by atoms with Gasteiger partial charge in [0.2, 0.25) is 0 Å². The van der Waals surface area contributed by atoms with Crippen LogP contribution in [0.25, 0.3) is 0 Å². The molecule has 21 heavy (non-hydrogen) atoms. The van der Waals surface area contributed by atoms with Crippen LogP contribution in [0.1, 0.15) is 64.7 Å². The second-order valence-electron chi connectivity index (χ2n) is 8.32.